The van der Waals surface area contributed by atoms with Crippen LogP contribution in [-0.4, -0.2) is 37.5 Å². The van der Waals surface area contributed by atoms with Gasteiger partial charge in [-0.05, 0) is 37.5 Å². The van der Waals surface area contributed by atoms with Crippen LogP contribution in [-0.2, 0) is 16.6 Å². The quantitative estimate of drug-likeness (QED) is 0.563. The van der Waals surface area contributed by atoms with Crippen molar-refractivity contribution in [3.63, 3.8) is 0 Å². The van der Waals surface area contributed by atoms with E-state index in [0.29, 0.717) is 5.75 Å². The lowest BCUT2D eigenvalue weighted by atomic mass is 10.1. The normalized spacial score (nSPS) is 15.7. The average Bonchev–Trinajstić information content (AvgIpc) is 3.26. The zero-order valence-corrected chi connectivity index (χ0v) is 18.8. The number of thiazole rings is 1. The van der Waals surface area contributed by atoms with Gasteiger partial charge in [-0.25, -0.2) is 17.8 Å². The molecule has 0 unspecified atom stereocenters. The van der Waals surface area contributed by atoms with E-state index in [9.17, 15) is 12.8 Å². The van der Waals surface area contributed by atoms with Crippen LogP contribution in [0.15, 0.2) is 58.3 Å². The summed E-state index contributed by atoms with van der Waals surface area (Å²) in [6, 6.07) is 13.1. The minimum atomic E-state index is -4.07. The van der Waals surface area contributed by atoms with E-state index in [2.05, 4.69) is 26.7 Å². The van der Waals surface area contributed by atoms with Gasteiger partial charge >= 0.3 is 0 Å². The van der Waals surface area contributed by atoms with Gasteiger partial charge < -0.3 is 4.74 Å². The third-order valence-electron chi connectivity index (χ3n) is 5.34. The molecule has 4 rings (SSSR count). The number of aromatic nitrogens is 1. The number of rotatable bonds is 7. The molecule has 1 saturated heterocycles. The molecule has 3 aromatic rings. The maximum atomic E-state index is 14.9. The average molecular weight is 462 g/mol. The van der Waals surface area contributed by atoms with Crippen molar-refractivity contribution in [2.24, 2.45) is 0 Å². The number of benzene rings is 2. The summed E-state index contributed by atoms with van der Waals surface area (Å²) in [5.74, 6) is -0.252. The molecule has 0 spiro atoms. The minimum absolute atomic E-state index is 0.0271. The molecule has 6 nitrogen and oxygen atoms in total. The van der Waals surface area contributed by atoms with Gasteiger partial charge in [-0.3, -0.25) is 9.62 Å². The van der Waals surface area contributed by atoms with Gasteiger partial charge in [0, 0.05) is 30.6 Å². The fraction of sp³-hybridized carbons (Fsp3) is 0.318. The number of ether oxygens (including phenoxy) is 1. The highest BCUT2D eigenvalue weighted by Crippen LogP contribution is 2.30. The summed E-state index contributed by atoms with van der Waals surface area (Å²) in [5, 5.41) is 1.55. The van der Waals surface area contributed by atoms with E-state index in [1.165, 1.54) is 41.5 Å². The molecule has 0 bridgehead atoms. The molecule has 1 N–H and O–H groups in total. The molecule has 0 saturated carbocycles. The maximum absolute atomic E-state index is 14.9. The standard InChI is InChI=1S/C22H24FN3O3S2/c1-16-19(7-8-20(22(16)23)31(27,28)25-21-14-30-15-24-21)29-18-9-11-26(12-10-18)13-17-5-3-2-4-6-17/h2-8,14-15,18,25H,9-13H2,1H3. The number of nitrogens with zero attached hydrogens (tertiary/aromatic N) is 2. The van der Waals surface area contributed by atoms with Gasteiger partial charge in [-0.1, -0.05) is 30.3 Å². The Morgan fingerprint density at radius 3 is 2.61 bits per heavy atom. The molecule has 9 heteroatoms. The molecule has 0 aliphatic carbocycles. The molecule has 1 aliphatic rings. The van der Waals surface area contributed by atoms with Gasteiger partial charge in [0.05, 0.1) is 5.51 Å². The summed E-state index contributed by atoms with van der Waals surface area (Å²) in [6.07, 6.45) is 1.64. The molecule has 1 fully saturated rings. The second-order valence-electron chi connectivity index (χ2n) is 7.56. The van der Waals surface area contributed by atoms with Crippen molar-refractivity contribution in [3.05, 3.63) is 70.3 Å². The Labute approximate surface area is 185 Å². The number of hydrogen-bond acceptors (Lipinski definition) is 6. The first-order valence-electron chi connectivity index (χ1n) is 10.1. The Hall–Kier alpha value is -2.49. The lowest BCUT2D eigenvalue weighted by Crippen LogP contribution is -2.37. The van der Waals surface area contributed by atoms with Crippen LogP contribution in [0.5, 0.6) is 5.75 Å². The molecule has 0 atom stereocenters. The third kappa shape index (κ3) is 5.23. The van der Waals surface area contributed by atoms with Gasteiger partial charge in [0.2, 0.25) is 0 Å². The molecule has 1 aliphatic heterocycles. The summed E-state index contributed by atoms with van der Waals surface area (Å²) >= 11 is 1.25. The highest BCUT2D eigenvalue weighted by molar-refractivity contribution is 7.92. The lowest BCUT2D eigenvalue weighted by molar-refractivity contribution is 0.0958. The summed E-state index contributed by atoms with van der Waals surface area (Å²) in [4.78, 5) is 5.85. The van der Waals surface area contributed by atoms with Crippen LogP contribution in [0.4, 0.5) is 10.2 Å². The van der Waals surface area contributed by atoms with Gasteiger partial charge in [0.15, 0.2) is 5.82 Å². The van der Waals surface area contributed by atoms with Crippen molar-refractivity contribution in [1.82, 2.24) is 9.88 Å². The van der Waals surface area contributed by atoms with E-state index in [-0.39, 0.29) is 17.5 Å². The van der Waals surface area contributed by atoms with Gasteiger partial charge in [0.25, 0.3) is 10.0 Å². The minimum Gasteiger partial charge on any atom is -0.490 e. The third-order valence-corrected chi connectivity index (χ3v) is 7.30. The highest BCUT2D eigenvalue weighted by Gasteiger charge is 2.25. The Bertz CT molecular complexity index is 1110. The summed E-state index contributed by atoms with van der Waals surface area (Å²) in [7, 11) is -4.07. The van der Waals surface area contributed by atoms with Crippen molar-refractivity contribution >= 4 is 27.2 Å². The van der Waals surface area contributed by atoms with Crippen LogP contribution in [0.25, 0.3) is 0 Å². The number of likely N-dealkylation sites (tertiary alicyclic amines) is 1. The second kappa shape index (κ2) is 9.33. The molecule has 2 aromatic carbocycles. The second-order valence-corrected chi connectivity index (χ2v) is 9.93. The lowest BCUT2D eigenvalue weighted by Gasteiger charge is -2.32. The Balaban J connectivity index is 1.39. The fourth-order valence-electron chi connectivity index (χ4n) is 3.64. The molecule has 164 valence electrons. The van der Waals surface area contributed by atoms with E-state index < -0.39 is 20.7 Å². The molecular weight excluding hydrogens is 437 g/mol. The summed E-state index contributed by atoms with van der Waals surface area (Å²) in [6.45, 7) is 4.23. The number of piperidine rings is 1. The predicted octanol–water partition coefficient (Wildman–Crippen LogP) is 4.43. The molecule has 2 heterocycles. The number of nitrogens with one attached hydrogen (secondary N) is 1. The number of halogens is 1. The monoisotopic (exact) mass is 461 g/mol. The maximum Gasteiger partial charge on any atom is 0.266 e. The molecule has 31 heavy (non-hydrogen) atoms. The molecule has 1 aromatic heterocycles. The van der Waals surface area contributed by atoms with Gasteiger partial charge in [-0.15, -0.1) is 11.3 Å². The van der Waals surface area contributed by atoms with Crippen LogP contribution >= 0.6 is 11.3 Å². The molecular formula is C22H24FN3O3S2. The van der Waals surface area contributed by atoms with E-state index in [4.69, 9.17) is 4.74 Å². The van der Waals surface area contributed by atoms with Crippen LogP contribution < -0.4 is 9.46 Å². The zero-order chi connectivity index (χ0) is 21.8. The van der Waals surface area contributed by atoms with Crippen molar-refractivity contribution < 1.29 is 17.5 Å². The predicted molar refractivity (Wildman–Crippen MR) is 119 cm³/mol. The SMILES string of the molecule is Cc1c(OC2CCN(Cc3ccccc3)CC2)ccc(S(=O)(=O)Nc2cscn2)c1F. The molecule has 0 amide bonds. The van der Waals surface area contributed by atoms with Crippen molar-refractivity contribution in [3.8, 4) is 5.75 Å². The Kier molecular flexibility index (Phi) is 6.54. The van der Waals surface area contributed by atoms with Crippen LogP contribution in [0, 0.1) is 12.7 Å². The highest BCUT2D eigenvalue weighted by atomic mass is 32.2. The Morgan fingerprint density at radius 2 is 1.94 bits per heavy atom. The van der Waals surface area contributed by atoms with Crippen LogP contribution in [0.2, 0.25) is 0 Å². The number of anilines is 1. The first-order valence-corrected chi connectivity index (χ1v) is 12.5. The van der Waals surface area contributed by atoms with Crippen molar-refractivity contribution in [2.45, 2.75) is 37.3 Å². The largest absolute Gasteiger partial charge is 0.490 e. The van der Waals surface area contributed by atoms with Crippen LogP contribution in [0.1, 0.15) is 24.0 Å². The van der Waals surface area contributed by atoms with E-state index in [0.717, 1.165) is 32.5 Å². The van der Waals surface area contributed by atoms with Gasteiger partial charge in [0.1, 0.15) is 22.6 Å². The summed E-state index contributed by atoms with van der Waals surface area (Å²) < 4.78 is 48.3. The van der Waals surface area contributed by atoms with E-state index >= 15 is 0 Å². The van der Waals surface area contributed by atoms with Crippen molar-refractivity contribution in [1.29, 1.82) is 0 Å². The fourth-order valence-corrected chi connectivity index (χ4v) is 5.33. The molecule has 0 radical (unpaired) electrons. The van der Waals surface area contributed by atoms with Crippen molar-refractivity contribution in [2.75, 3.05) is 17.8 Å². The first kappa shape index (κ1) is 21.7. The van der Waals surface area contributed by atoms with Crippen LogP contribution in [0.3, 0.4) is 0 Å². The topological polar surface area (TPSA) is 71.5 Å². The van der Waals surface area contributed by atoms with E-state index in [1.807, 2.05) is 18.2 Å². The van der Waals surface area contributed by atoms with E-state index in [1.54, 1.807) is 5.38 Å². The smallest absolute Gasteiger partial charge is 0.266 e. The van der Waals surface area contributed by atoms with Gasteiger partial charge in [-0.2, -0.15) is 0 Å². The number of hydrogen-bond donors (Lipinski definition) is 1. The number of sulfonamides is 1. The zero-order valence-electron chi connectivity index (χ0n) is 17.1. The summed E-state index contributed by atoms with van der Waals surface area (Å²) in [5.41, 5.74) is 2.97. The first-order chi connectivity index (χ1) is 14.9. The Morgan fingerprint density at radius 1 is 1.19 bits per heavy atom.